The number of carbonyl (C=O) groups is 2. The van der Waals surface area contributed by atoms with Gasteiger partial charge in [-0.1, -0.05) is 13.0 Å². The first-order chi connectivity index (χ1) is 15.8. The Morgan fingerprint density at radius 1 is 1.36 bits per heavy atom. The number of rotatable bonds is 10. The number of phenolic OH excluding ortho intramolecular Hbond substituents is 1. The largest absolute Gasteiger partial charge is 0.502 e. The third-order valence-electron chi connectivity index (χ3n) is 6.41. The second-order valence-electron chi connectivity index (χ2n) is 8.96. The summed E-state index contributed by atoms with van der Waals surface area (Å²) < 4.78 is 0. The summed E-state index contributed by atoms with van der Waals surface area (Å²) in [5, 5.41) is 28.4. The van der Waals surface area contributed by atoms with Crippen molar-refractivity contribution in [1.82, 2.24) is 15.7 Å². The lowest BCUT2D eigenvalue weighted by atomic mass is 9.94. The molecule has 0 aromatic heterocycles. The fraction of sp³-hybridized carbons (Fsp3) is 0.652. The van der Waals surface area contributed by atoms with Crippen molar-refractivity contribution in [2.45, 2.75) is 70.4 Å². The Hall–Kier alpha value is -2.72. The zero-order valence-electron chi connectivity index (χ0n) is 19.1. The molecule has 2 saturated heterocycles. The first kappa shape index (κ1) is 24.9. The van der Waals surface area contributed by atoms with E-state index in [1.807, 2.05) is 0 Å². The number of nitro groups is 1. The summed E-state index contributed by atoms with van der Waals surface area (Å²) in [6, 6.07) is 3.57. The van der Waals surface area contributed by atoms with Gasteiger partial charge in [-0.3, -0.25) is 24.5 Å². The third-order valence-corrected chi connectivity index (χ3v) is 6.41. The summed E-state index contributed by atoms with van der Waals surface area (Å²) in [7, 11) is 0. The van der Waals surface area contributed by atoms with Crippen molar-refractivity contribution in [3.8, 4) is 5.75 Å². The molecule has 33 heavy (non-hydrogen) atoms. The number of hydrogen-bond donors (Lipinski definition) is 3. The average molecular weight is 463 g/mol. The van der Waals surface area contributed by atoms with Gasteiger partial charge in [-0.05, 0) is 62.6 Å². The highest BCUT2D eigenvalue weighted by atomic mass is 16.7. The maximum atomic E-state index is 13.1. The molecule has 3 rings (SSSR count). The molecule has 3 N–H and O–H groups in total. The number of aromatic hydroxyl groups is 1. The first-order valence-corrected chi connectivity index (χ1v) is 11.8. The molecule has 2 unspecified atom stereocenters. The van der Waals surface area contributed by atoms with Crippen molar-refractivity contribution in [2.75, 3.05) is 19.7 Å². The molecule has 0 saturated carbocycles. The molecule has 0 aliphatic carbocycles. The molecule has 2 aliphatic heterocycles. The molecule has 2 aliphatic rings. The van der Waals surface area contributed by atoms with Crippen molar-refractivity contribution in [2.24, 2.45) is 5.92 Å². The second-order valence-corrected chi connectivity index (χ2v) is 8.96. The van der Waals surface area contributed by atoms with Gasteiger partial charge >= 0.3 is 5.69 Å². The average Bonchev–Trinajstić information content (AvgIpc) is 3.35. The van der Waals surface area contributed by atoms with Crippen LogP contribution >= 0.6 is 0 Å². The van der Waals surface area contributed by atoms with E-state index in [2.05, 4.69) is 17.6 Å². The zero-order chi connectivity index (χ0) is 23.8. The van der Waals surface area contributed by atoms with E-state index in [0.29, 0.717) is 37.1 Å². The minimum atomic E-state index is -0.909. The molecule has 0 spiro atoms. The molecule has 1 aromatic carbocycles. The normalized spacial score (nSPS) is 20.3. The molecular formula is C23H34N4O6. The Kier molecular flexibility index (Phi) is 9.02. The molecule has 2 fully saturated rings. The van der Waals surface area contributed by atoms with Crippen LogP contribution in [0.1, 0.15) is 57.4 Å². The van der Waals surface area contributed by atoms with Crippen LogP contribution in [0.3, 0.4) is 0 Å². The van der Waals surface area contributed by atoms with E-state index in [1.54, 1.807) is 0 Å². The lowest BCUT2D eigenvalue weighted by Gasteiger charge is -2.30. The van der Waals surface area contributed by atoms with Crippen molar-refractivity contribution in [3.63, 3.8) is 0 Å². The van der Waals surface area contributed by atoms with E-state index in [-0.39, 0.29) is 18.2 Å². The van der Waals surface area contributed by atoms with E-state index in [1.165, 1.54) is 36.1 Å². The molecular weight excluding hydrogens is 428 g/mol. The van der Waals surface area contributed by atoms with Crippen LogP contribution in [0.5, 0.6) is 5.75 Å². The van der Waals surface area contributed by atoms with Crippen LogP contribution in [0, 0.1) is 16.0 Å². The van der Waals surface area contributed by atoms with Crippen LogP contribution in [0.25, 0.3) is 0 Å². The van der Waals surface area contributed by atoms with E-state index in [0.717, 1.165) is 32.2 Å². The lowest BCUT2D eigenvalue weighted by Crippen LogP contribution is -2.50. The van der Waals surface area contributed by atoms with E-state index in [4.69, 9.17) is 4.84 Å². The predicted octanol–water partition coefficient (Wildman–Crippen LogP) is 2.44. The number of nitrogens with one attached hydrogen (secondary N) is 2. The molecule has 3 atom stereocenters. The van der Waals surface area contributed by atoms with Crippen LogP contribution in [0.4, 0.5) is 5.69 Å². The van der Waals surface area contributed by atoms with Gasteiger partial charge in [0.1, 0.15) is 6.04 Å². The van der Waals surface area contributed by atoms with Crippen LogP contribution in [-0.2, 0) is 20.8 Å². The Morgan fingerprint density at radius 2 is 2.18 bits per heavy atom. The maximum absolute atomic E-state index is 13.1. The summed E-state index contributed by atoms with van der Waals surface area (Å²) in [4.78, 5) is 41.7. The Balaban J connectivity index is 1.62. The number of benzene rings is 1. The molecule has 2 amide bonds. The number of carbonyl (C=O) groups excluding carboxylic acids is 2. The molecule has 0 radical (unpaired) electrons. The van der Waals surface area contributed by atoms with Gasteiger partial charge in [-0.25, -0.2) is 5.06 Å². The van der Waals surface area contributed by atoms with Crippen LogP contribution in [0.2, 0.25) is 0 Å². The number of phenols is 1. The van der Waals surface area contributed by atoms with Gasteiger partial charge in [0.15, 0.2) is 5.75 Å². The molecule has 10 heteroatoms. The second kappa shape index (κ2) is 11.9. The topological polar surface area (TPSA) is 134 Å². The van der Waals surface area contributed by atoms with Gasteiger partial charge in [-0.2, -0.15) is 0 Å². The van der Waals surface area contributed by atoms with Gasteiger partial charge in [0.25, 0.3) is 5.91 Å². The van der Waals surface area contributed by atoms with E-state index >= 15 is 0 Å². The number of hydrogen-bond acceptors (Lipinski definition) is 7. The Morgan fingerprint density at radius 3 is 2.85 bits per heavy atom. The van der Waals surface area contributed by atoms with E-state index < -0.39 is 22.4 Å². The van der Waals surface area contributed by atoms with Gasteiger partial charge in [0, 0.05) is 31.5 Å². The van der Waals surface area contributed by atoms with Crippen molar-refractivity contribution in [3.05, 3.63) is 33.9 Å². The minimum absolute atomic E-state index is 0.0634. The van der Waals surface area contributed by atoms with Crippen LogP contribution in [-0.4, -0.2) is 58.7 Å². The van der Waals surface area contributed by atoms with E-state index in [9.17, 15) is 24.8 Å². The molecule has 1 aromatic rings. The monoisotopic (exact) mass is 462 g/mol. The maximum Gasteiger partial charge on any atom is 0.310 e. The standard InChI is InChI=1S/C23H34N4O6/c1-16(18-7-5-11-24-18)6-4-8-22(29)25-19(23(30)26-12-2-3-13-33-26)14-17-9-10-21(28)20(15-17)27(31)32/h9-10,15-16,18-19,24,28H,2-8,11-14H2,1H3,(H,25,29)/t16?,18?,19-/m0/s1. The SMILES string of the molecule is CC(CCCC(=O)N[C@@H](Cc1ccc(O)c([N+](=O)[O-])c1)C(=O)N1CCCCO1)C1CCCN1. The molecule has 10 nitrogen and oxygen atoms in total. The molecule has 2 heterocycles. The smallest absolute Gasteiger partial charge is 0.310 e. The van der Waals surface area contributed by atoms with Gasteiger partial charge in [0.2, 0.25) is 5.91 Å². The lowest BCUT2D eigenvalue weighted by molar-refractivity contribution is -0.385. The summed E-state index contributed by atoms with van der Waals surface area (Å²) in [6.45, 7) is 4.11. The number of nitrogens with zero attached hydrogens (tertiary/aromatic N) is 2. The summed E-state index contributed by atoms with van der Waals surface area (Å²) >= 11 is 0. The van der Waals surface area contributed by atoms with Crippen molar-refractivity contribution in [1.29, 1.82) is 0 Å². The van der Waals surface area contributed by atoms with Crippen LogP contribution < -0.4 is 10.6 Å². The minimum Gasteiger partial charge on any atom is -0.502 e. The summed E-state index contributed by atoms with van der Waals surface area (Å²) in [5.41, 5.74) is 0.0323. The Bertz CT molecular complexity index is 836. The predicted molar refractivity (Wildman–Crippen MR) is 121 cm³/mol. The fourth-order valence-corrected chi connectivity index (χ4v) is 4.47. The zero-order valence-corrected chi connectivity index (χ0v) is 19.1. The van der Waals surface area contributed by atoms with Crippen molar-refractivity contribution >= 4 is 17.5 Å². The highest BCUT2D eigenvalue weighted by Gasteiger charge is 2.29. The summed E-state index contributed by atoms with van der Waals surface area (Å²) in [6.07, 6.45) is 6.03. The summed E-state index contributed by atoms with van der Waals surface area (Å²) in [5.74, 6) is -0.564. The number of hydroxylamine groups is 2. The fourth-order valence-electron chi connectivity index (χ4n) is 4.47. The van der Waals surface area contributed by atoms with Crippen LogP contribution in [0.15, 0.2) is 18.2 Å². The highest BCUT2D eigenvalue weighted by molar-refractivity contribution is 5.87. The first-order valence-electron chi connectivity index (χ1n) is 11.8. The molecule has 0 bridgehead atoms. The highest BCUT2D eigenvalue weighted by Crippen LogP contribution is 2.27. The quantitative estimate of drug-likeness (QED) is 0.359. The van der Waals surface area contributed by atoms with Gasteiger partial charge < -0.3 is 15.7 Å². The van der Waals surface area contributed by atoms with Gasteiger partial charge in [-0.15, -0.1) is 0 Å². The Labute approximate surface area is 193 Å². The molecule has 182 valence electrons. The number of amides is 2. The third kappa shape index (κ3) is 7.13. The van der Waals surface area contributed by atoms with Gasteiger partial charge in [0.05, 0.1) is 11.5 Å². The van der Waals surface area contributed by atoms with Crippen molar-refractivity contribution < 1.29 is 24.5 Å². The number of nitro benzene ring substituents is 1.